The van der Waals surface area contributed by atoms with E-state index in [0.717, 1.165) is 36.1 Å². The predicted octanol–water partition coefficient (Wildman–Crippen LogP) is 3.11. The lowest BCUT2D eigenvalue weighted by molar-refractivity contribution is 0.0963. The zero-order valence-electron chi connectivity index (χ0n) is 21.4. The fourth-order valence-corrected chi connectivity index (χ4v) is 6.22. The molecule has 4 aromatic rings. The van der Waals surface area contributed by atoms with Crippen molar-refractivity contribution in [2.45, 2.75) is 45.6 Å². The highest BCUT2D eigenvalue weighted by molar-refractivity contribution is 7.17. The Balaban J connectivity index is 1.63. The average molecular weight is 535 g/mol. The third-order valence-electron chi connectivity index (χ3n) is 6.79. The number of aromatic nitrogens is 3. The van der Waals surface area contributed by atoms with Crippen molar-refractivity contribution < 1.29 is 14.3 Å². The van der Waals surface area contributed by atoms with Crippen LogP contribution >= 0.6 is 11.3 Å². The molecule has 1 aliphatic carbocycles. The van der Waals surface area contributed by atoms with Crippen molar-refractivity contribution in [2.75, 3.05) is 25.6 Å². The molecule has 0 radical (unpaired) electrons. The van der Waals surface area contributed by atoms with E-state index in [2.05, 4.69) is 15.6 Å². The first kappa shape index (κ1) is 25.8. The van der Waals surface area contributed by atoms with Gasteiger partial charge in [0.2, 0.25) is 0 Å². The zero-order valence-corrected chi connectivity index (χ0v) is 22.2. The Labute approximate surface area is 222 Å². The van der Waals surface area contributed by atoms with Gasteiger partial charge < -0.3 is 19.9 Å². The fourth-order valence-electron chi connectivity index (χ4n) is 4.94. The second-order valence-corrected chi connectivity index (χ2v) is 10.2. The van der Waals surface area contributed by atoms with E-state index in [-0.39, 0.29) is 27.9 Å². The van der Waals surface area contributed by atoms with Gasteiger partial charge in [-0.15, -0.1) is 11.3 Å². The molecule has 10 nitrogen and oxygen atoms in total. The monoisotopic (exact) mass is 534 g/mol. The van der Waals surface area contributed by atoms with Crippen molar-refractivity contribution in [2.24, 2.45) is 0 Å². The molecule has 1 aliphatic rings. The van der Waals surface area contributed by atoms with Gasteiger partial charge in [0.15, 0.2) is 0 Å². The molecule has 0 aromatic carbocycles. The molecule has 3 N–H and O–H groups in total. The van der Waals surface area contributed by atoms with Crippen LogP contribution in [-0.2, 0) is 24.1 Å². The van der Waals surface area contributed by atoms with E-state index in [0.29, 0.717) is 48.0 Å². The van der Waals surface area contributed by atoms with Gasteiger partial charge in [-0.05, 0) is 62.8 Å². The molecule has 38 heavy (non-hydrogen) atoms. The molecule has 5 rings (SSSR count). The molecular formula is C27H30N6O4S. The number of anilines is 1. The molecule has 11 heteroatoms. The average Bonchev–Trinajstić information content (AvgIpc) is 3.29. The van der Waals surface area contributed by atoms with Crippen LogP contribution in [0.15, 0.2) is 35.3 Å². The van der Waals surface area contributed by atoms with E-state index >= 15 is 0 Å². The van der Waals surface area contributed by atoms with Crippen molar-refractivity contribution in [3.8, 4) is 0 Å². The Morgan fingerprint density at radius 3 is 2.82 bits per heavy atom. The number of hydrogen-bond donors (Lipinski definition) is 3. The van der Waals surface area contributed by atoms with E-state index in [4.69, 9.17) is 10.1 Å². The Hall–Kier alpha value is -3.83. The minimum Gasteiger partial charge on any atom is -0.382 e. The lowest BCUT2D eigenvalue weighted by Gasteiger charge is -2.15. The molecule has 0 spiro atoms. The second-order valence-electron chi connectivity index (χ2n) is 9.14. The summed E-state index contributed by atoms with van der Waals surface area (Å²) in [6, 6.07) is 6.70. The molecule has 0 bridgehead atoms. The highest BCUT2D eigenvalue weighted by Crippen LogP contribution is 2.38. The highest BCUT2D eigenvalue weighted by atomic mass is 32.1. The number of pyridine rings is 2. The minimum atomic E-state index is -0.545. The van der Waals surface area contributed by atoms with Crippen LogP contribution in [0.1, 0.15) is 57.3 Å². The van der Waals surface area contributed by atoms with Crippen molar-refractivity contribution >= 4 is 44.8 Å². The van der Waals surface area contributed by atoms with E-state index in [1.807, 2.05) is 6.92 Å². The SMILES string of the molecule is CCOCCCn1c(=N)c(C(=O)Nc2sc3c(c2C(=O)NC)CCCC3)cc2c(=O)n3ccccc3nc21. The van der Waals surface area contributed by atoms with Gasteiger partial charge in [0.25, 0.3) is 17.4 Å². The summed E-state index contributed by atoms with van der Waals surface area (Å²) in [4.78, 5) is 45.6. The first-order valence-electron chi connectivity index (χ1n) is 12.8. The quantitative estimate of drug-likeness (QED) is 0.236. The third kappa shape index (κ3) is 4.63. The Morgan fingerprint density at radius 2 is 2.03 bits per heavy atom. The third-order valence-corrected chi connectivity index (χ3v) is 8.00. The molecule has 0 atom stereocenters. The standard InChI is InChI=1S/C27H30N6O4S/c1-3-37-14-8-13-33-22(28)17(15-18-23(33)30-20-11-6-7-12-32(20)27(18)36)24(34)31-26-21(25(35)29-2)16-9-4-5-10-19(16)38-26/h6-7,11-12,15,28H,3-5,8-10,13-14H2,1-2H3,(H,29,35)(H,31,34). The minimum absolute atomic E-state index is 0.0397. The summed E-state index contributed by atoms with van der Waals surface area (Å²) in [6.07, 6.45) is 5.91. The molecule has 4 aromatic heterocycles. The summed E-state index contributed by atoms with van der Waals surface area (Å²) >= 11 is 1.41. The highest BCUT2D eigenvalue weighted by Gasteiger charge is 2.27. The van der Waals surface area contributed by atoms with Gasteiger partial charge in [0.1, 0.15) is 21.8 Å². The number of amides is 2. The number of aryl methyl sites for hydroxylation is 2. The van der Waals surface area contributed by atoms with Crippen LogP contribution in [0.4, 0.5) is 5.00 Å². The van der Waals surface area contributed by atoms with Gasteiger partial charge in [0, 0.05) is 37.9 Å². The number of rotatable bonds is 8. The Kier molecular flexibility index (Phi) is 7.39. The van der Waals surface area contributed by atoms with Crippen LogP contribution < -0.4 is 21.7 Å². The Morgan fingerprint density at radius 1 is 1.21 bits per heavy atom. The molecular weight excluding hydrogens is 504 g/mol. The lowest BCUT2D eigenvalue weighted by Crippen LogP contribution is -2.32. The van der Waals surface area contributed by atoms with E-state index < -0.39 is 5.91 Å². The number of nitrogens with zero attached hydrogens (tertiary/aromatic N) is 3. The number of fused-ring (bicyclic) bond motifs is 3. The summed E-state index contributed by atoms with van der Waals surface area (Å²) in [7, 11) is 1.57. The maximum Gasteiger partial charge on any atom is 0.267 e. The first-order valence-corrected chi connectivity index (χ1v) is 13.6. The van der Waals surface area contributed by atoms with Crippen molar-refractivity contribution in [3.05, 3.63) is 67.9 Å². The predicted molar refractivity (Wildman–Crippen MR) is 146 cm³/mol. The molecule has 0 saturated carbocycles. The number of ether oxygens (including phenoxy) is 1. The molecule has 0 aliphatic heterocycles. The number of carbonyl (C=O) groups is 2. The van der Waals surface area contributed by atoms with Crippen molar-refractivity contribution in [3.63, 3.8) is 0 Å². The van der Waals surface area contributed by atoms with Gasteiger partial charge in [-0.1, -0.05) is 6.07 Å². The number of nitrogens with one attached hydrogen (secondary N) is 3. The molecule has 0 saturated heterocycles. The smallest absolute Gasteiger partial charge is 0.267 e. The van der Waals surface area contributed by atoms with Gasteiger partial charge >= 0.3 is 0 Å². The van der Waals surface area contributed by atoms with E-state index in [1.54, 1.807) is 36.0 Å². The number of thiophene rings is 1. The van der Waals surface area contributed by atoms with Gasteiger partial charge in [-0.2, -0.15) is 0 Å². The summed E-state index contributed by atoms with van der Waals surface area (Å²) < 4.78 is 8.49. The van der Waals surface area contributed by atoms with Crippen LogP contribution in [0.3, 0.4) is 0 Å². The van der Waals surface area contributed by atoms with E-state index in [9.17, 15) is 14.4 Å². The summed E-state index contributed by atoms with van der Waals surface area (Å²) in [5.41, 5.74) is 1.94. The molecule has 0 unspecified atom stereocenters. The topological polar surface area (TPSA) is 131 Å². The summed E-state index contributed by atoms with van der Waals surface area (Å²) in [5, 5.41) is 15.2. The van der Waals surface area contributed by atoms with E-state index in [1.165, 1.54) is 21.8 Å². The summed E-state index contributed by atoms with van der Waals surface area (Å²) in [6.45, 7) is 3.31. The maximum absolute atomic E-state index is 13.6. The fraction of sp³-hybridized carbons (Fsp3) is 0.370. The van der Waals surface area contributed by atoms with Crippen LogP contribution in [-0.4, -0.2) is 46.0 Å². The van der Waals surface area contributed by atoms with Crippen LogP contribution in [0.2, 0.25) is 0 Å². The number of hydrogen-bond acceptors (Lipinski definition) is 7. The van der Waals surface area contributed by atoms with Crippen LogP contribution in [0, 0.1) is 5.41 Å². The van der Waals surface area contributed by atoms with Crippen molar-refractivity contribution in [1.29, 1.82) is 5.41 Å². The molecule has 4 heterocycles. The zero-order chi connectivity index (χ0) is 26.8. The lowest BCUT2D eigenvalue weighted by atomic mass is 9.95. The first-order chi connectivity index (χ1) is 18.4. The van der Waals surface area contributed by atoms with Crippen molar-refractivity contribution in [1.82, 2.24) is 19.3 Å². The molecule has 198 valence electrons. The largest absolute Gasteiger partial charge is 0.382 e. The summed E-state index contributed by atoms with van der Waals surface area (Å²) in [5.74, 6) is -0.791. The number of carbonyl (C=O) groups excluding carboxylic acids is 2. The maximum atomic E-state index is 13.6. The normalized spacial score (nSPS) is 13.0. The Bertz CT molecular complexity index is 1670. The van der Waals surface area contributed by atoms with Crippen LogP contribution in [0.5, 0.6) is 0 Å². The second kappa shape index (κ2) is 10.9. The van der Waals surface area contributed by atoms with Gasteiger partial charge in [-0.3, -0.25) is 24.2 Å². The molecule has 2 amide bonds. The molecule has 0 fully saturated rings. The van der Waals surface area contributed by atoms with Gasteiger partial charge in [-0.25, -0.2) is 4.98 Å². The van der Waals surface area contributed by atoms with Crippen LogP contribution in [0.25, 0.3) is 16.7 Å². The van der Waals surface area contributed by atoms with Gasteiger partial charge in [0.05, 0.1) is 16.5 Å².